The molecule has 0 spiro atoms. The highest BCUT2D eigenvalue weighted by Gasteiger charge is 2.40. The van der Waals surface area contributed by atoms with Gasteiger partial charge in [-0.1, -0.05) is 12.1 Å². The van der Waals surface area contributed by atoms with Crippen molar-refractivity contribution in [2.75, 3.05) is 48.3 Å². The Kier molecular flexibility index (Phi) is 11.0. The summed E-state index contributed by atoms with van der Waals surface area (Å²) in [5, 5.41) is 5.12. The van der Waals surface area contributed by atoms with Crippen molar-refractivity contribution < 1.29 is 48.9 Å². The number of carbonyl (C=O) groups is 2. The van der Waals surface area contributed by atoms with Gasteiger partial charge in [0, 0.05) is 45.2 Å². The average Bonchev–Trinajstić information content (AvgIpc) is 2.94. The Balaban J connectivity index is 1.32. The maximum Gasteiger partial charge on any atom is 0.451 e. The summed E-state index contributed by atoms with van der Waals surface area (Å²) in [7, 11) is -4.18. The molecule has 2 fully saturated rings. The van der Waals surface area contributed by atoms with Crippen molar-refractivity contribution in [1.82, 2.24) is 20.6 Å². The van der Waals surface area contributed by atoms with Crippen LogP contribution in [0.15, 0.2) is 30.3 Å². The lowest BCUT2D eigenvalue weighted by atomic mass is 9.92. The van der Waals surface area contributed by atoms with Crippen LogP contribution in [0.5, 0.6) is 0 Å². The maximum atomic E-state index is 13.8. The Labute approximate surface area is 261 Å². The summed E-state index contributed by atoms with van der Waals surface area (Å²) in [6.07, 6.45) is -6.87. The van der Waals surface area contributed by atoms with E-state index in [1.54, 1.807) is 4.90 Å². The van der Waals surface area contributed by atoms with Crippen LogP contribution in [0.3, 0.4) is 0 Å². The molecule has 46 heavy (non-hydrogen) atoms. The monoisotopic (exact) mass is 680 g/mol. The number of hydrogen-bond donors (Lipinski definition) is 3. The van der Waals surface area contributed by atoms with Gasteiger partial charge in [-0.05, 0) is 55.7 Å². The number of anilines is 2. The first-order chi connectivity index (χ1) is 21.5. The molecule has 1 aromatic carbocycles. The van der Waals surface area contributed by atoms with Gasteiger partial charge < -0.3 is 20.4 Å². The van der Waals surface area contributed by atoms with E-state index in [9.17, 15) is 44.3 Å². The number of hydrogen-bond acceptors (Lipinski definition) is 8. The SMILES string of the molecule is O=C(CCC1CCN(c2cc(N3CC[C@H]3C(=O)NCCc3ccc(C(F)(F)F)cc3)nc(C(F)(F)F)n2)CC1)NCCS(=O)(=O)O. The van der Waals surface area contributed by atoms with Gasteiger partial charge in [-0.15, -0.1) is 0 Å². The van der Waals surface area contributed by atoms with E-state index >= 15 is 0 Å². The molecular formula is C28H34F6N6O5S. The molecule has 0 bridgehead atoms. The Morgan fingerprint density at radius 1 is 0.891 bits per heavy atom. The number of nitrogens with one attached hydrogen (secondary N) is 2. The summed E-state index contributed by atoms with van der Waals surface area (Å²) in [4.78, 5) is 35.4. The second-order valence-electron chi connectivity index (χ2n) is 11.2. The predicted octanol–water partition coefficient (Wildman–Crippen LogP) is 3.45. The van der Waals surface area contributed by atoms with E-state index in [-0.39, 0.29) is 49.4 Å². The molecule has 3 N–H and O–H groups in total. The zero-order chi connectivity index (χ0) is 33.7. The minimum atomic E-state index is -4.84. The van der Waals surface area contributed by atoms with Crippen LogP contribution in [-0.4, -0.2) is 79.3 Å². The van der Waals surface area contributed by atoms with Gasteiger partial charge in [0.25, 0.3) is 10.1 Å². The molecule has 0 radical (unpaired) electrons. The van der Waals surface area contributed by atoms with Crippen molar-refractivity contribution in [2.45, 2.75) is 56.9 Å². The molecule has 18 heteroatoms. The topological polar surface area (TPSA) is 145 Å². The van der Waals surface area contributed by atoms with Crippen molar-refractivity contribution >= 4 is 33.6 Å². The molecule has 0 unspecified atom stereocenters. The predicted molar refractivity (Wildman–Crippen MR) is 155 cm³/mol. The molecule has 4 rings (SSSR count). The molecule has 2 aliphatic rings. The zero-order valence-corrected chi connectivity index (χ0v) is 25.4. The van der Waals surface area contributed by atoms with E-state index in [1.165, 1.54) is 23.1 Å². The molecule has 254 valence electrons. The van der Waals surface area contributed by atoms with Crippen LogP contribution in [0.4, 0.5) is 38.0 Å². The van der Waals surface area contributed by atoms with Gasteiger partial charge in [-0.2, -0.15) is 34.8 Å². The fraction of sp³-hybridized carbons (Fsp3) is 0.571. The van der Waals surface area contributed by atoms with E-state index in [0.717, 1.165) is 12.1 Å². The Hall–Kier alpha value is -3.67. The first kappa shape index (κ1) is 35.2. The van der Waals surface area contributed by atoms with E-state index in [4.69, 9.17) is 4.55 Å². The molecule has 2 aliphatic heterocycles. The average molecular weight is 681 g/mol. The minimum absolute atomic E-state index is 0.0462. The molecule has 3 heterocycles. The van der Waals surface area contributed by atoms with Gasteiger partial charge in [0.15, 0.2) is 0 Å². The van der Waals surface area contributed by atoms with Crippen molar-refractivity contribution in [2.24, 2.45) is 5.92 Å². The molecule has 11 nitrogen and oxygen atoms in total. The van der Waals surface area contributed by atoms with Gasteiger partial charge in [0.05, 0.1) is 11.3 Å². The number of rotatable bonds is 12. The van der Waals surface area contributed by atoms with E-state index < -0.39 is 51.6 Å². The van der Waals surface area contributed by atoms with Gasteiger partial charge in [-0.3, -0.25) is 14.1 Å². The van der Waals surface area contributed by atoms with Crippen molar-refractivity contribution in [3.05, 3.63) is 47.3 Å². The first-order valence-electron chi connectivity index (χ1n) is 14.6. The lowest BCUT2D eigenvalue weighted by Gasteiger charge is -2.41. The van der Waals surface area contributed by atoms with Crippen LogP contribution >= 0.6 is 0 Å². The fourth-order valence-corrected chi connectivity index (χ4v) is 5.65. The Morgan fingerprint density at radius 3 is 2.11 bits per heavy atom. The van der Waals surface area contributed by atoms with Gasteiger partial charge in [0.1, 0.15) is 17.7 Å². The molecular weight excluding hydrogens is 646 g/mol. The molecule has 0 saturated carbocycles. The summed E-state index contributed by atoms with van der Waals surface area (Å²) >= 11 is 0. The summed E-state index contributed by atoms with van der Waals surface area (Å²) in [6, 6.07) is 5.20. The number of piperidine rings is 1. The van der Waals surface area contributed by atoms with Gasteiger partial charge >= 0.3 is 12.4 Å². The van der Waals surface area contributed by atoms with Crippen molar-refractivity contribution in [3.8, 4) is 0 Å². The van der Waals surface area contributed by atoms with Gasteiger partial charge in [-0.25, -0.2) is 9.97 Å². The molecule has 1 atom stereocenters. The normalized spacial score (nSPS) is 17.8. The van der Waals surface area contributed by atoms with Crippen LogP contribution in [-0.2, 0) is 38.5 Å². The van der Waals surface area contributed by atoms with Gasteiger partial charge in [0.2, 0.25) is 17.6 Å². The number of benzene rings is 1. The molecule has 1 aromatic heterocycles. The number of nitrogens with zero attached hydrogens (tertiary/aromatic N) is 4. The number of halogens is 6. The smallest absolute Gasteiger partial charge is 0.356 e. The molecule has 2 amide bonds. The van der Waals surface area contributed by atoms with Crippen LogP contribution in [0.2, 0.25) is 0 Å². The highest BCUT2D eigenvalue weighted by Crippen LogP contribution is 2.35. The molecule has 0 aliphatic carbocycles. The van der Waals surface area contributed by atoms with Crippen LogP contribution in [0, 0.1) is 5.92 Å². The summed E-state index contributed by atoms with van der Waals surface area (Å²) in [5.74, 6) is -2.60. The first-order valence-corrected chi connectivity index (χ1v) is 16.2. The summed E-state index contributed by atoms with van der Waals surface area (Å²) in [6.45, 7) is 0.945. The minimum Gasteiger partial charge on any atom is -0.356 e. The Bertz CT molecular complexity index is 1480. The molecule has 2 saturated heterocycles. The van der Waals surface area contributed by atoms with E-state index in [2.05, 4.69) is 20.6 Å². The Morgan fingerprint density at radius 2 is 1.54 bits per heavy atom. The second kappa shape index (κ2) is 14.4. The highest BCUT2D eigenvalue weighted by molar-refractivity contribution is 7.85. The number of amides is 2. The maximum absolute atomic E-state index is 13.8. The highest BCUT2D eigenvalue weighted by atomic mass is 32.2. The lowest BCUT2D eigenvalue weighted by molar-refractivity contribution is -0.144. The third kappa shape index (κ3) is 9.91. The van der Waals surface area contributed by atoms with Crippen molar-refractivity contribution in [3.63, 3.8) is 0 Å². The van der Waals surface area contributed by atoms with Crippen LogP contribution < -0.4 is 20.4 Å². The third-order valence-corrected chi connectivity index (χ3v) is 8.68. The fourth-order valence-electron chi connectivity index (χ4n) is 5.29. The third-order valence-electron chi connectivity index (χ3n) is 7.96. The summed E-state index contributed by atoms with van der Waals surface area (Å²) in [5.41, 5.74) is -0.202. The quantitative estimate of drug-likeness (QED) is 0.227. The number of alkyl halides is 6. The molecule has 2 aromatic rings. The summed E-state index contributed by atoms with van der Waals surface area (Å²) < 4.78 is 110. The van der Waals surface area contributed by atoms with Crippen LogP contribution in [0.1, 0.15) is 49.1 Å². The van der Waals surface area contributed by atoms with Crippen molar-refractivity contribution in [1.29, 1.82) is 0 Å². The standard InChI is InChI=1S/C28H34F6N6O5S/c29-27(30,31)20-4-1-18(2-5-20)7-11-36-25(42)21-10-15-40(21)23-17-22(37-26(38-23)28(32,33)34)39-13-8-19(9-14-39)3-6-24(41)35-12-16-46(43,44)45/h1-2,4-5,17,19,21H,3,6-16H2,(H,35,41)(H,36,42)(H,43,44,45)/t21-/m0/s1. The number of aromatic nitrogens is 2. The van der Waals surface area contributed by atoms with E-state index in [0.29, 0.717) is 50.9 Å². The van der Waals surface area contributed by atoms with Crippen LogP contribution in [0.25, 0.3) is 0 Å². The largest absolute Gasteiger partial charge is 0.451 e. The second-order valence-corrected chi connectivity index (χ2v) is 12.8. The zero-order valence-electron chi connectivity index (χ0n) is 24.6. The lowest BCUT2D eigenvalue weighted by Crippen LogP contribution is -2.57. The van der Waals surface area contributed by atoms with E-state index in [1.807, 2.05) is 0 Å². The number of carbonyl (C=O) groups excluding carboxylic acids is 2.